The van der Waals surface area contributed by atoms with E-state index in [-0.39, 0.29) is 0 Å². The summed E-state index contributed by atoms with van der Waals surface area (Å²) in [6.07, 6.45) is 3.58. The van der Waals surface area contributed by atoms with Crippen molar-refractivity contribution >= 4 is 5.69 Å². The number of nitrogens with two attached hydrogens (primary N) is 1. The minimum atomic E-state index is 0.384. The maximum Gasteiger partial charge on any atom is 0.182 e. The van der Waals surface area contributed by atoms with Gasteiger partial charge in [-0.25, -0.2) is 4.68 Å². The fraction of sp³-hybridized carbons (Fsp3) is 0.562. The first-order valence-electron chi connectivity index (χ1n) is 7.69. The number of aromatic nitrogens is 4. The van der Waals surface area contributed by atoms with E-state index in [0.717, 1.165) is 47.3 Å². The van der Waals surface area contributed by atoms with Crippen LogP contribution in [0.2, 0.25) is 0 Å². The Morgan fingerprint density at radius 1 is 1.14 bits per heavy atom. The van der Waals surface area contributed by atoms with Crippen LogP contribution >= 0.6 is 0 Å². The van der Waals surface area contributed by atoms with Crippen molar-refractivity contribution in [3.05, 3.63) is 23.8 Å². The van der Waals surface area contributed by atoms with Crippen molar-refractivity contribution < 1.29 is 0 Å². The van der Waals surface area contributed by atoms with Crippen LogP contribution in [0.3, 0.4) is 0 Å². The number of aryl methyl sites for hydroxylation is 1. The molecule has 5 nitrogen and oxygen atoms in total. The molecule has 21 heavy (non-hydrogen) atoms. The van der Waals surface area contributed by atoms with Crippen LogP contribution in [-0.2, 0) is 0 Å². The molecule has 2 atom stereocenters. The molecule has 5 heteroatoms. The van der Waals surface area contributed by atoms with Gasteiger partial charge in [0.25, 0.3) is 0 Å². The van der Waals surface area contributed by atoms with Crippen molar-refractivity contribution in [2.45, 2.75) is 46.1 Å². The van der Waals surface area contributed by atoms with Gasteiger partial charge in [-0.05, 0) is 66.1 Å². The van der Waals surface area contributed by atoms with Crippen LogP contribution in [0.25, 0.3) is 11.4 Å². The van der Waals surface area contributed by atoms with Crippen molar-refractivity contribution in [1.82, 2.24) is 20.2 Å². The third-order valence-electron chi connectivity index (χ3n) is 4.49. The van der Waals surface area contributed by atoms with E-state index in [1.54, 1.807) is 0 Å². The molecule has 1 saturated carbocycles. The molecular formula is C16H23N5. The molecule has 2 aromatic rings. The summed E-state index contributed by atoms with van der Waals surface area (Å²) >= 11 is 0. The van der Waals surface area contributed by atoms with E-state index < -0.39 is 0 Å². The zero-order chi connectivity index (χ0) is 15.0. The fourth-order valence-corrected chi connectivity index (χ4v) is 3.60. The SMILES string of the molecule is Cc1ccc(N)cc1-c1nnnn1C1CC(C)CC(C)C1. The van der Waals surface area contributed by atoms with Crippen LogP contribution in [0.5, 0.6) is 0 Å². The highest BCUT2D eigenvalue weighted by Gasteiger charge is 2.28. The molecule has 1 aliphatic carbocycles. The highest BCUT2D eigenvalue weighted by molar-refractivity contribution is 5.65. The summed E-state index contributed by atoms with van der Waals surface area (Å²) in [7, 11) is 0. The maximum absolute atomic E-state index is 5.93. The number of hydrogen-bond acceptors (Lipinski definition) is 4. The molecule has 2 N–H and O–H groups in total. The number of rotatable bonds is 2. The lowest BCUT2D eigenvalue weighted by Gasteiger charge is -2.31. The van der Waals surface area contributed by atoms with Crippen LogP contribution in [0.15, 0.2) is 18.2 Å². The van der Waals surface area contributed by atoms with E-state index in [2.05, 4.69) is 36.3 Å². The van der Waals surface area contributed by atoms with Gasteiger partial charge in [-0.2, -0.15) is 0 Å². The number of tetrazole rings is 1. The summed E-state index contributed by atoms with van der Waals surface area (Å²) in [4.78, 5) is 0. The van der Waals surface area contributed by atoms with E-state index in [9.17, 15) is 0 Å². The average molecular weight is 285 g/mol. The van der Waals surface area contributed by atoms with Crippen LogP contribution in [0.4, 0.5) is 5.69 Å². The van der Waals surface area contributed by atoms with Crippen LogP contribution in [0, 0.1) is 18.8 Å². The second-order valence-electron chi connectivity index (χ2n) is 6.59. The smallest absolute Gasteiger partial charge is 0.182 e. The second-order valence-corrected chi connectivity index (χ2v) is 6.59. The maximum atomic E-state index is 5.93. The highest BCUT2D eigenvalue weighted by atomic mass is 15.5. The van der Waals surface area contributed by atoms with Gasteiger partial charge in [-0.1, -0.05) is 19.9 Å². The van der Waals surface area contributed by atoms with E-state index in [1.165, 1.54) is 6.42 Å². The molecule has 0 amide bonds. The lowest BCUT2D eigenvalue weighted by molar-refractivity contribution is 0.209. The molecule has 1 aliphatic rings. The lowest BCUT2D eigenvalue weighted by atomic mass is 9.80. The molecule has 0 radical (unpaired) electrons. The number of nitrogens with zero attached hydrogens (tertiary/aromatic N) is 4. The van der Waals surface area contributed by atoms with Crippen molar-refractivity contribution in [1.29, 1.82) is 0 Å². The van der Waals surface area contributed by atoms with Gasteiger partial charge in [0.15, 0.2) is 5.82 Å². The van der Waals surface area contributed by atoms with Gasteiger partial charge < -0.3 is 5.73 Å². The Hall–Kier alpha value is -1.91. The van der Waals surface area contributed by atoms with Crippen molar-refractivity contribution in [3.63, 3.8) is 0 Å². The zero-order valence-corrected chi connectivity index (χ0v) is 13.0. The van der Waals surface area contributed by atoms with E-state index >= 15 is 0 Å². The lowest BCUT2D eigenvalue weighted by Crippen LogP contribution is -2.24. The Balaban J connectivity index is 1.99. The summed E-state index contributed by atoms with van der Waals surface area (Å²) in [6.45, 7) is 6.71. The van der Waals surface area contributed by atoms with Gasteiger partial charge in [-0.15, -0.1) is 5.10 Å². The van der Waals surface area contributed by atoms with Gasteiger partial charge in [-0.3, -0.25) is 0 Å². The molecule has 1 fully saturated rings. The van der Waals surface area contributed by atoms with Crippen LogP contribution in [0.1, 0.15) is 44.7 Å². The molecule has 1 aromatic heterocycles. The van der Waals surface area contributed by atoms with Gasteiger partial charge in [0.05, 0.1) is 6.04 Å². The number of hydrogen-bond donors (Lipinski definition) is 1. The predicted octanol–water partition coefficient (Wildman–Crippen LogP) is 3.23. The summed E-state index contributed by atoms with van der Waals surface area (Å²) in [5.41, 5.74) is 8.86. The molecule has 112 valence electrons. The summed E-state index contributed by atoms with van der Waals surface area (Å²) in [6, 6.07) is 6.29. The second kappa shape index (κ2) is 5.47. The summed E-state index contributed by atoms with van der Waals surface area (Å²) in [5.74, 6) is 2.28. The average Bonchev–Trinajstić information content (AvgIpc) is 2.89. The van der Waals surface area contributed by atoms with Gasteiger partial charge in [0.2, 0.25) is 0 Å². The molecule has 0 aliphatic heterocycles. The molecule has 3 rings (SSSR count). The Morgan fingerprint density at radius 2 is 1.86 bits per heavy atom. The van der Waals surface area contributed by atoms with Gasteiger partial charge >= 0.3 is 0 Å². The van der Waals surface area contributed by atoms with E-state index in [4.69, 9.17) is 5.73 Å². The third kappa shape index (κ3) is 2.77. The first-order chi connectivity index (χ1) is 10.0. The molecule has 1 aromatic carbocycles. The zero-order valence-electron chi connectivity index (χ0n) is 13.0. The third-order valence-corrected chi connectivity index (χ3v) is 4.49. The molecule has 1 heterocycles. The van der Waals surface area contributed by atoms with Crippen molar-refractivity contribution in [2.75, 3.05) is 5.73 Å². The largest absolute Gasteiger partial charge is 0.399 e. The first kappa shape index (κ1) is 14.0. The van der Waals surface area contributed by atoms with Gasteiger partial charge in [0.1, 0.15) is 0 Å². The number of nitrogen functional groups attached to an aromatic ring is 1. The van der Waals surface area contributed by atoms with E-state index in [1.807, 2.05) is 22.9 Å². The molecule has 2 unspecified atom stereocenters. The van der Waals surface area contributed by atoms with E-state index in [0.29, 0.717) is 6.04 Å². The van der Waals surface area contributed by atoms with Crippen LogP contribution in [-0.4, -0.2) is 20.2 Å². The van der Waals surface area contributed by atoms with Gasteiger partial charge in [0, 0.05) is 11.3 Å². The van der Waals surface area contributed by atoms with Crippen LogP contribution < -0.4 is 5.73 Å². The standard InChI is InChI=1S/C16H23N5/c1-10-6-11(2)8-14(7-10)21-16(18-19-20-21)15-9-13(17)5-4-12(15)3/h4-5,9-11,14H,6-8,17H2,1-3H3. The summed E-state index contributed by atoms with van der Waals surface area (Å²) in [5, 5.41) is 12.4. The normalized spacial score (nSPS) is 26.0. The minimum Gasteiger partial charge on any atom is -0.399 e. The first-order valence-corrected chi connectivity index (χ1v) is 7.69. The summed E-state index contributed by atoms with van der Waals surface area (Å²) < 4.78 is 2.01. The molecular weight excluding hydrogens is 262 g/mol. The monoisotopic (exact) mass is 285 g/mol. The molecule has 0 spiro atoms. The molecule has 0 bridgehead atoms. The molecule has 0 saturated heterocycles. The number of benzene rings is 1. The Bertz CT molecular complexity index is 623. The quantitative estimate of drug-likeness (QED) is 0.860. The van der Waals surface area contributed by atoms with Crippen molar-refractivity contribution in [2.24, 2.45) is 11.8 Å². The van der Waals surface area contributed by atoms with Crippen molar-refractivity contribution in [3.8, 4) is 11.4 Å². The minimum absolute atomic E-state index is 0.384. The Morgan fingerprint density at radius 3 is 2.57 bits per heavy atom. The number of anilines is 1. The Labute approximate surface area is 125 Å². The highest BCUT2D eigenvalue weighted by Crippen LogP contribution is 2.37. The predicted molar refractivity (Wildman–Crippen MR) is 83.6 cm³/mol. The topological polar surface area (TPSA) is 69.6 Å². The fourth-order valence-electron chi connectivity index (χ4n) is 3.60. The Kier molecular flexibility index (Phi) is 3.66.